The minimum absolute atomic E-state index is 0. The van der Waals surface area contributed by atoms with Gasteiger partial charge >= 0.3 is 0 Å². The van der Waals surface area contributed by atoms with E-state index >= 15 is 0 Å². The lowest BCUT2D eigenvalue weighted by atomic mass is 10.3. The summed E-state index contributed by atoms with van der Waals surface area (Å²) in [5.74, 6) is 0.908. The van der Waals surface area contributed by atoms with Crippen LogP contribution in [0.2, 0.25) is 0 Å². The number of hydrogen-bond acceptors (Lipinski definition) is 4. The van der Waals surface area contributed by atoms with Crippen LogP contribution in [0.25, 0.3) is 0 Å². The molecule has 0 amide bonds. The zero-order valence-electron chi connectivity index (χ0n) is 12.0. The molecule has 0 aliphatic heterocycles. The molecule has 0 spiro atoms. The highest BCUT2D eigenvalue weighted by atomic mass is 127. The summed E-state index contributed by atoms with van der Waals surface area (Å²) >= 11 is 0. The van der Waals surface area contributed by atoms with Gasteiger partial charge in [-0.15, -0.1) is 24.0 Å². The summed E-state index contributed by atoms with van der Waals surface area (Å²) in [6.07, 6.45) is 2.56. The molecule has 1 aliphatic carbocycles. The highest BCUT2D eigenvalue weighted by molar-refractivity contribution is 14.0. The Kier molecular flexibility index (Phi) is 5.85. The van der Waals surface area contributed by atoms with E-state index in [0.29, 0.717) is 18.6 Å². The summed E-state index contributed by atoms with van der Waals surface area (Å²) in [6.45, 7) is 0.203. The van der Waals surface area contributed by atoms with Crippen molar-refractivity contribution in [2.75, 3.05) is 25.2 Å². The Morgan fingerprint density at radius 3 is 2.67 bits per heavy atom. The molecule has 21 heavy (non-hydrogen) atoms. The minimum Gasteiger partial charge on any atom is -0.497 e. The number of benzene rings is 1. The molecule has 2 rings (SSSR count). The predicted octanol–water partition coefficient (Wildman–Crippen LogP) is 1.62. The van der Waals surface area contributed by atoms with Gasteiger partial charge in [0.1, 0.15) is 5.75 Å². The third kappa shape index (κ3) is 4.47. The van der Waals surface area contributed by atoms with Gasteiger partial charge < -0.3 is 15.8 Å². The van der Waals surface area contributed by atoms with Crippen LogP contribution >= 0.6 is 24.0 Å². The number of anilines is 1. The van der Waals surface area contributed by atoms with Crippen LogP contribution in [0.15, 0.2) is 29.3 Å². The van der Waals surface area contributed by atoms with Gasteiger partial charge in [-0.3, -0.25) is 4.99 Å². The summed E-state index contributed by atoms with van der Waals surface area (Å²) in [7, 11) is -1.50. The third-order valence-corrected chi connectivity index (χ3v) is 5.58. The second kappa shape index (κ2) is 6.82. The van der Waals surface area contributed by atoms with Crippen molar-refractivity contribution in [3.05, 3.63) is 24.3 Å². The number of sulfone groups is 1. The van der Waals surface area contributed by atoms with Crippen molar-refractivity contribution in [3.8, 4) is 5.75 Å². The van der Waals surface area contributed by atoms with Gasteiger partial charge in [0.25, 0.3) is 0 Å². The predicted molar refractivity (Wildman–Crippen MR) is 95.3 cm³/mol. The Morgan fingerprint density at radius 1 is 1.48 bits per heavy atom. The number of ether oxygens (including phenoxy) is 1. The summed E-state index contributed by atoms with van der Waals surface area (Å²) in [6, 6.07) is 7.26. The van der Waals surface area contributed by atoms with Gasteiger partial charge in [0, 0.05) is 18.0 Å². The normalized spacial score (nSPS) is 16.8. The van der Waals surface area contributed by atoms with Gasteiger partial charge in [0.05, 0.1) is 18.4 Å². The number of nitrogens with two attached hydrogens (primary N) is 1. The number of hydrogen-bond donors (Lipinski definition) is 2. The van der Waals surface area contributed by atoms with Gasteiger partial charge in [0.15, 0.2) is 15.8 Å². The van der Waals surface area contributed by atoms with Crippen molar-refractivity contribution in [1.82, 2.24) is 0 Å². The number of halogens is 1. The van der Waals surface area contributed by atoms with Gasteiger partial charge in [-0.1, -0.05) is 6.07 Å². The molecule has 0 atom stereocenters. The molecule has 0 radical (unpaired) electrons. The molecule has 118 valence electrons. The smallest absolute Gasteiger partial charge is 0.193 e. The van der Waals surface area contributed by atoms with Crippen LogP contribution in [0.4, 0.5) is 5.69 Å². The van der Waals surface area contributed by atoms with Gasteiger partial charge in [0.2, 0.25) is 0 Å². The summed E-state index contributed by atoms with van der Waals surface area (Å²) < 4.78 is 27.7. The van der Waals surface area contributed by atoms with E-state index in [0.717, 1.165) is 5.69 Å². The quantitative estimate of drug-likeness (QED) is 0.425. The van der Waals surface area contributed by atoms with Gasteiger partial charge in [-0.25, -0.2) is 8.42 Å². The number of guanidine groups is 1. The fourth-order valence-electron chi connectivity index (χ4n) is 1.90. The molecule has 8 heteroatoms. The Bertz CT molecular complexity index is 627. The van der Waals surface area contributed by atoms with Crippen LogP contribution < -0.4 is 15.8 Å². The Balaban J connectivity index is 0.00000220. The molecule has 0 heterocycles. The van der Waals surface area contributed by atoms with E-state index < -0.39 is 14.6 Å². The molecule has 0 unspecified atom stereocenters. The first kappa shape index (κ1) is 18.0. The minimum atomic E-state index is -3.08. The van der Waals surface area contributed by atoms with Gasteiger partial charge in [-0.05, 0) is 25.0 Å². The molecule has 0 aromatic heterocycles. The maximum Gasteiger partial charge on any atom is 0.193 e. The van der Waals surface area contributed by atoms with Crippen LogP contribution in [0.3, 0.4) is 0 Å². The average Bonchev–Trinajstić information content (AvgIpc) is 3.17. The lowest BCUT2D eigenvalue weighted by Gasteiger charge is -2.11. The van der Waals surface area contributed by atoms with E-state index in [9.17, 15) is 8.42 Å². The van der Waals surface area contributed by atoms with Crippen molar-refractivity contribution >= 4 is 45.5 Å². The fraction of sp³-hybridized carbons (Fsp3) is 0.462. The Hall–Kier alpha value is -1.03. The lowest BCUT2D eigenvalue weighted by molar-refractivity contribution is 0.415. The van der Waals surface area contributed by atoms with E-state index in [1.54, 1.807) is 13.2 Å². The summed E-state index contributed by atoms with van der Waals surface area (Å²) in [5, 5.41) is 2.92. The molecule has 1 aromatic rings. The first-order valence-electron chi connectivity index (χ1n) is 6.27. The molecule has 1 saturated carbocycles. The van der Waals surface area contributed by atoms with Crippen molar-refractivity contribution < 1.29 is 13.2 Å². The molecular weight excluding hydrogens is 405 g/mol. The van der Waals surface area contributed by atoms with Crippen molar-refractivity contribution in [1.29, 1.82) is 0 Å². The van der Waals surface area contributed by atoms with Crippen LogP contribution in [-0.4, -0.2) is 39.0 Å². The van der Waals surface area contributed by atoms with E-state index in [1.165, 1.54) is 6.26 Å². The van der Waals surface area contributed by atoms with E-state index in [2.05, 4.69) is 10.3 Å². The third-order valence-electron chi connectivity index (χ3n) is 3.47. The number of nitrogens with one attached hydrogen (secondary N) is 1. The number of rotatable bonds is 5. The average molecular weight is 425 g/mol. The van der Waals surface area contributed by atoms with E-state index in [1.807, 2.05) is 18.2 Å². The standard InChI is InChI=1S/C13H19N3O3S.HI/c1-19-11-5-3-4-10(8-11)16-12(14)15-9-13(6-7-13)20(2,17)18;/h3-5,8H,6-7,9H2,1-2H3,(H3,14,15,16);1H. The molecular formula is C13H20IN3O3S. The lowest BCUT2D eigenvalue weighted by Crippen LogP contribution is -2.29. The van der Waals surface area contributed by atoms with Gasteiger partial charge in [-0.2, -0.15) is 0 Å². The molecule has 1 aromatic carbocycles. The summed E-state index contributed by atoms with van der Waals surface area (Å²) in [4.78, 5) is 4.14. The number of methoxy groups -OCH3 is 1. The highest BCUT2D eigenvalue weighted by Gasteiger charge is 2.51. The van der Waals surface area contributed by atoms with Crippen LogP contribution in [0.1, 0.15) is 12.8 Å². The Morgan fingerprint density at radius 2 is 2.14 bits per heavy atom. The molecule has 1 fully saturated rings. The molecule has 0 saturated heterocycles. The maximum absolute atomic E-state index is 11.6. The highest BCUT2D eigenvalue weighted by Crippen LogP contribution is 2.43. The largest absolute Gasteiger partial charge is 0.497 e. The zero-order chi connectivity index (χ0) is 14.8. The summed E-state index contributed by atoms with van der Waals surface area (Å²) in [5.41, 5.74) is 6.52. The van der Waals surface area contributed by atoms with Crippen molar-refractivity contribution in [2.45, 2.75) is 17.6 Å². The first-order chi connectivity index (χ1) is 9.36. The Labute approximate surface area is 142 Å². The van der Waals surface area contributed by atoms with Crippen LogP contribution in [-0.2, 0) is 9.84 Å². The molecule has 3 N–H and O–H groups in total. The van der Waals surface area contributed by atoms with Crippen molar-refractivity contribution in [2.24, 2.45) is 10.7 Å². The molecule has 1 aliphatic rings. The number of aliphatic imine (C=N–C) groups is 1. The first-order valence-corrected chi connectivity index (χ1v) is 8.16. The molecule has 0 bridgehead atoms. The topological polar surface area (TPSA) is 93.8 Å². The second-order valence-electron chi connectivity index (χ2n) is 5.01. The monoisotopic (exact) mass is 425 g/mol. The van der Waals surface area contributed by atoms with Crippen LogP contribution in [0.5, 0.6) is 5.75 Å². The zero-order valence-corrected chi connectivity index (χ0v) is 15.1. The van der Waals surface area contributed by atoms with Crippen molar-refractivity contribution in [3.63, 3.8) is 0 Å². The second-order valence-corrected chi connectivity index (χ2v) is 7.42. The van der Waals surface area contributed by atoms with E-state index in [-0.39, 0.29) is 36.5 Å². The number of nitrogens with zero attached hydrogens (tertiary/aromatic N) is 1. The van der Waals surface area contributed by atoms with E-state index in [4.69, 9.17) is 10.5 Å². The SMILES string of the molecule is COc1cccc(NC(N)=NCC2(S(C)(=O)=O)CC2)c1.I. The maximum atomic E-state index is 11.6. The fourth-order valence-corrected chi connectivity index (χ4v) is 3.05. The molecule has 6 nitrogen and oxygen atoms in total. The van der Waals surface area contributed by atoms with Crippen LogP contribution in [0, 0.1) is 0 Å².